The number of carbonyl (C=O) groups excluding carboxylic acids is 1. The number of rotatable bonds is 4. The Morgan fingerprint density at radius 1 is 1.04 bits per heavy atom. The van der Waals surface area contributed by atoms with Crippen LogP contribution in [0.1, 0.15) is 21.5 Å². The molecule has 0 saturated heterocycles. The van der Waals surface area contributed by atoms with Crippen molar-refractivity contribution in [3.05, 3.63) is 89.1 Å². The molecule has 4 aromatic rings. The van der Waals surface area contributed by atoms with Crippen LogP contribution in [0.5, 0.6) is 0 Å². The number of fused-ring (bicyclic) bond motifs is 1. The molecule has 0 unspecified atom stereocenters. The maximum Gasteiger partial charge on any atom is 0.248 e. The van der Waals surface area contributed by atoms with Gasteiger partial charge in [-0.2, -0.15) is 0 Å². The van der Waals surface area contributed by atoms with Gasteiger partial charge in [-0.15, -0.1) is 10.2 Å². The first kappa shape index (κ1) is 16.8. The Balaban J connectivity index is 1.75. The zero-order valence-electron chi connectivity index (χ0n) is 14.1. The van der Waals surface area contributed by atoms with Crippen molar-refractivity contribution in [1.29, 1.82) is 0 Å². The molecule has 0 radical (unpaired) electrons. The maximum absolute atomic E-state index is 13.9. The summed E-state index contributed by atoms with van der Waals surface area (Å²) in [5, 5.41) is 8.30. The van der Waals surface area contributed by atoms with Gasteiger partial charge in [-0.1, -0.05) is 24.3 Å². The molecule has 0 aliphatic rings. The maximum atomic E-state index is 13.9. The van der Waals surface area contributed by atoms with Gasteiger partial charge in [0, 0.05) is 29.8 Å². The van der Waals surface area contributed by atoms with E-state index in [2.05, 4.69) is 10.2 Å². The Hall–Kier alpha value is -3.61. The molecule has 2 aromatic carbocycles. The van der Waals surface area contributed by atoms with Crippen molar-refractivity contribution in [2.24, 2.45) is 5.73 Å². The highest BCUT2D eigenvalue weighted by Crippen LogP contribution is 2.21. The van der Waals surface area contributed by atoms with Crippen LogP contribution in [0.3, 0.4) is 0 Å². The van der Waals surface area contributed by atoms with Crippen LogP contribution in [-0.4, -0.2) is 20.5 Å². The molecule has 27 heavy (non-hydrogen) atoms. The Kier molecular flexibility index (Phi) is 4.12. The number of halogens is 2. The van der Waals surface area contributed by atoms with E-state index in [4.69, 9.17) is 5.73 Å². The lowest BCUT2D eigenvalue weighted by Crippen LogP contribution is -2.10. The Bertz CT molecular complexity index is 1170. The van der Waals surface area contributed by atoms with Gasteiger partial charge in [-0.05, 0) is 35.4 Å². The van der Waals surface area contributed by atoms with Gasteiger partial charge in [0.1, 0.15) is 11.6 Å². The summed E-state index contributed by atoms with van der Waals surface area (Å²) in [7, 11) is 0. The van der Waals surface area contributed by atoms with Gasteiger partial charge in [0.05, 0.1) is 0 Å². The van der Waals surface area contributed by atoms with Crippen molar-refractivity contribution in [3.8, 4) is 11.4 Å². The largest absolute Gasteiger partial charge is 0.366 e. The fourth-order valence-corrected chi connectivity index (χ4v) is 2.93. The molecule has 0 atom stereocenters. The molecule has 0 aliphatic carbocycles. The average Bonchev–Trinajstić information content (AvgIpc) is 3.07. The van der Waals surface area contributed by atoms with E-state index < -0.39 is 17.5 Å². The van der Waals surface area contributed by atoms with Crippen LogP contribution >= 0.6 is 0 Å². The molecule has 0 aliphatic heterocycles. The van der Waals surface area contributed by atoms with Crippen LogP contribution in [0.25, 0.3) is 17.0 Å². The fraction of sp³-hybridized carbons (Fsp3) is 0.0500. The van der Waals surface area contributed by atoms with Crippen molar-refractivity contribution in [2.45, 2.75) is 6.42 Å². The van der Waals surface area contributed by atoms with Crippen molar-refractivity contribution in [2.75, 3.05) is 0 Å². The lowest BCUT2D eigenvalue weighted by Gasteiger charge is -2.06. The smallest absolute Gasteiger partial charge is 0.248 e. The third-order valence-electron chi connectivity index (χ3n) is 4.28. The lowest BCUT2D eigenvalue weighted by molar-refractivity contribution is 0.100. The third-order valence-corrected chi connectivity index (χ3v) is 4.28. The second kappa shape index (κ2) is 6.60. The van der Waals surface area contributed by atoms with Crippen LogP contribution in [0.15, 0.2) is 60.8 Å². The number of pyridine rings is 1. The highest BCUT2D eigenvalue weighted by molar-refractivity contribution is 5.93. The number of nitrogens with two attached hydrogens (primary N) is 1. The fourth-order valence-electron chi connectivity index (χ4n) is 2.93. The van der Waals surface area contributed by atoms with E-state index in [1.807, 2.05) is 6.07 Å². The Morgan fingerprint density at radius 2 is 1.89 bits per heavy atom. The molecule has 7 heteroatoms. The molecule has 0 fully saturated rings. The molecule has 2 N–H and O–H groups in total. The quantitative estimate of drug-likeness (QED) is 0.603. The van der Waals surface area contributed by atoms with Gasteiger partial charge in [-0.3, -0.25) is 9.20 Å². The Morgan fingerprint density at radius 3 is 2.67 bits per heavy atom. The van der Waals surface area contributed by atoms with E-state index >= 15 is 0 Å². The molecular formula is C20H14F2N4O. The minimum Gasteiger partial charge on any atom is -0.366 e. The standard InChI is InChI=1S/C20H14F2N4O/c21-16-6-5-13(17(22)10-16)8-12-4-7-18-24-25-20(26(18)11-12)15-3-1-2-14(9-15)19(23)27/h1-7,9-11H,8H2,(H2,23,27). The first-order valence-corrected chi connectivity index (χ1v) is 8.19. The molecule has 1 amide bonds. The number of amides is 1. The van der Waals surface area contributed by atoms with Gasteiger partial charge < -0.3 is 5.73 Å². The second-order valence-electron chi connectivity index (χ2n) is 6.15. The number of aromatic nitrogens is 3. The van der Waals surface area contributed by atoms with Gasteiger partial charge in [0.25, 0.3) is 0 Å². The van der Waals surface area contributed by atoms with Gasteiger partial charge in [0.15, 0.2) is 11.5 Å². The summed E-state index contributed by atoms with van der Waals surface area (Å²) in [5.74, 6) is -1.19. The van der Waals surface area contributed by atoms with Crippen LogP contribution in [0.2, 0.25) is 0 Å². The number of nitrogens with zero attached hydrogens (tertiary/aromatic N) is 3. The normalized spacial score (nSPS) is 11.0. The highest BCUT2D eigenvalue weighted by Gasteiger charge is 2.12. The van der Waals surface area contributed by atoms with Gasteiger partial charge >= 0.3 is 0 Å². The predicted molar refractivity (Wildman–Crippen MR) is 96.1 cm³/mol. The summed E-state index contributed by atoms with van der Waals surface area (Å²) in [6.07, 6.45) is 2.09. The summed E-state index contributed by atoms with van der Waals surface area (Å²) >= 11 is 0. The van der Waals surface area contributed by atoms with Crippen molar-refractivity contribution >= 4 is 11.6 Å². The van der Waals surface area contributed by atoms with E-state index in [0.717, 1.165) is 11.6 Å². The monoisotopic (exact) mass is 364 g/mol. The topological polar surface area (TPSA) is 73.3 Å². The predicted octanol–water partition coefficient (Wildman–Crippen LogP) is 3.36. The summed E-state index contributed by atoms with van der Waals surface area (Å²) in [4.78, 5) is 11.4. The van der Waals surface area contributed by atoms with Crippen LogP contribution in [0.4, 0.5) is 8.78 Å². The number of carbonyl (C=O) groups is 1. The zero-order chi connectivity index (χ0) is 19.0. The summed E-state index contributed by atoms with van der Waals surface area (Å²) in [6, 6.07) is 13.9. The van der Waals surface area contributed by atoms with Crippen LogP contribution in [-0.2, 0) is 6.42 Å². The molecule has 0 saturated carbocycles. The minimum atomic E-state index is -0.609. The molecule has 5 nitrogen and oxygen atoms in total. The number of benzene rings is 2. The van der Waals surface area contributed by atoms with Crippen LogP contribution in [0, 0.1) is 11.6 Å². The molecular weight excluding hydrogens is 350 g/mol. The van der Waals surface area contributed by atoms with Crippen molar-refractivity contribution in [3.63, 3.8) is 0 Å². The van der Waals surface area contributed by atoms with Crippen LogP contribution < -0.4 is 5.73 Å². The number of hydrogen-bond donors (Lipinski definition) is 1. The minimum absolute atomic E-state index is 0.293. The first-order valence-electron chi connectivity index (χ1n) is 8.19. The molecule has 2 aromatic heterocycles. The first-order chi connectivity index (χ1) is 13.0. The lowest BCUT2D eigenvalue weighted by atomic mass is 10.1. The van der Waals surface area contributed by atoms with E-state index in [1.165, 1.54) is 12.1 Å². The Labute approximate surface area is 153 Å². The zero-order valence-corrected chi connectivity index (χ0v) is 14.1. The molecule has 134 valence electrons. The van der Waals surface area contributed by atoms with E-state index in [-0.39, 0.29) is 0 Å². The van der Waals surface area contributed by atoms with Gasteiger partial charge in [-0.25, -0.2) is 8.78 Å². The summed E-state index contributed by atoms with van der Waals surface area (Å²) < 4.78 is 28.8. The van der Waals surface area contributed by atoms with Crippen molar-refractivity contribution in [1.82, 2.24) is 14.6 Å². The molecule has 2 heterocycles. The third kappa shape index (κ3) is 3.27. The SMILES string of the molecule is NC(=O)c1cccc(-c2nnc3ccc(Cc4ccc(F)cc4F)cn23)c1. The van der Waals surface area contributed by atoms with E-state index in [0.29, 0.717) is 34.6 Å². The van der Waals surface area contributed by atoms with E-state index in [9.17, 15) is 13.6 Å². The molecule has 0 spiro atoms. The second-order valence-corrected chi connectivity index (χ2v) is 6.15. The van der Waals surface area contributed by atoms with Gasteiger partial charge in [0.2, 0.25) is 5.91 Å². The average molecular weight is 364 g/mol. The van der Waals surface area contributed by atoms with Crippen molar-refractivity contribution < 1.29 is 13.6 Å². The number of primary amides is 1. The summed E-state index contributed by atoms with van der Waals surface area (Å²) in [6.45, 7) is 0. The summed E-state index contributed by atoms with van der Waals surface area (Å²) in [5.41, 5.74) is 8.20. The molecule has 0 bridgehead atoms. The van der Waals surface area contributed by atoms with E-state index in [1.54, 1.807) is 40.9 Å². The highest BCUT2D eigenvalue weighted by atomic mass is 19.1. The molecule has 4 rings (SSSR count). The number of hydrogen-bond acceptors (Lipinski definition) is 3.